The summed E-state index contributed by atoms with van der Waals surface area (Å²) in [6.07, 6.45) is 1.61. The highest BCUT2D eigenvalue weighted by molar-refractivity contribution is 5.73. The van der Waals surface area contributed by atoms with Crippen molar-refractivity contribution in [3.63, 3.8) is 0 Å². The van der Waals surface area contributed by atoms with E-state index in [2.05, 4.69) is 15.5 Å². The third-order valence-corrected chi connectivity index (χ3v) is 2.17. The van der Waals surface area contributed by atoms with E-state index < -0.39 is 12.0 Å². The molecule has 0 saturated carbocycles. The van der Waals surface area contributed by atoms with Gasteiger partial charge in [-0.05, 0) is 6.92 Å². The number of carboxylic acids is 1. The first-order chi connectivity index (χ1) is 7.69. The highest BCUT2D eigenvalue weighted by Crippen LogP contribution is 1.96. The molecule has 16 heavy (non-hydrogen) atoms. The minimum atomic E-state index is -0.940. The molecule has 0 saturated heterocycles. The molecule has 0 bridgehead atoms. The van der Waals surface area contributed by atoms with Gasteiger partial charge >= 0.3 is 5.97 Å². The lowest BCUT2D eigenvalue weighted by molar-refractivity contribution is -0.140. The molecular weight excluding hydrogens is 212 g/mol. The molecule has 2 N–H and O–H groups in total. The SMILES string of the molecule is CCn1cnnc1CNC(COC)C(=O)O. The van der Waals surface area contributed by atoms with Crippen LogP contribution in [0.1, 0.15) is 12.7 Å². The summed E-state index contributed by atoms with van der Waals surface area (Å²) in [5.74, 6) is -0.228. The molecule has 1 unspecified atom stereocenters. The Labute approximate surface area is 93.4 Å². The Kier molecular flexibility index (Phi) is 4.87. The Hall–Kier alpha value is -1.47. The number of nitrogens with one attached hydrogen (secondary N) is 1. The van der Waals surface area contributed by atoms with E-state index in [4.69, 9.17) is 9.84 Å². The Balaban J connectivity index is 2.51. The fourth-order valence-corrected chi connectivity index (χ4v) is 1.28. The summed E-state index contributed by atoms with van der Waals surface area (Å²) in [7, 11) is 1.46. The van der Waals surface area contributed by atoms with Gasteiger partial charge in [0.15, 0.2) is 0 Å². The molecule has 1 aromatic rings. The molecule has 0 spiro atoms. The second-order valence-electron chi connectivity index (χ2n) is 3.26. The zero-order chi connectivity index (χ0) is 12.0. The minimum absolute atomic E-state index is 0.121. The van der Waals surface area contributed by atoms with Crippen LogP contribution < -0.4 is 5.32 Å². The summed E-state index contributed by atoms with van der Waals surface area (Å²) in [6.45, 7) is 3.20. The summed E-state index contributed by atoms with van der Waals surface area (Å²) >= 11 is 0. The van der Waals surface area contributed by atoms with Crippen LogP contribution in [0, 0.1) is 0 Å². The normalized spacial score (nSPS) is 12.6. The number of aromatic nitrogens is 3. The second kappa shape index (κ2) is 6.19. The average molecular weight is 228 g/mol. The van der Waals surface area contributed by atoms with Gasteiger partial charge in [0.25, 0.3) is 0 Å². The number of aryl methyl sites for hydroxylation is 1. The molecule has 0 radical (unpaired) electrons. The van der Waals surface area contributed by atoms with E-state index in [1.165, 1.54) is 7.11 Å². The lowest BCUT2D eigenvalue weighted by atomic mass is 10.3. The van der Waals surface area contributed by atoms with Gasteiger partial charge < -0.3 is 14.4 Å². The van der Waals surface area contributed by atoms with Gasteiger partial charge in [-0.25, -0.2) is 0 Å². The van der Waals surface area contributed by atoms with Crippen molar-refractivity contribution in [1.82, 2.24) is 20.1 Å². The molecule has 7 heteroatoms. The van der Waals surface area contributed by atoms with Crippen LogP contribution >= 0.6 is 0 Å². The van der Waals surface area contributed by atoms with Gasteiger partial charge in [0.05, 0.1) is 13.2 Å². The highest BCUT2D eigenvalue weighted by atomic mass is 16.5. The topological polar surface area (TPSA) is 89.3 Å². The van der Waals surface area contributed by atoms with Crippen molar-refractivity contribution in [1.29, 1.82) is 0 Å². The molecular formula is C9H16N4O3. The van der Waals surface area contributed by atoms with Crippen LogP contribution in [0.15, 0.2) is 6.33 Å². The summed E-state index contributed by atoms with van der Waals surface area (Å²) in [5, 5.41) is 19.4. The van der Waals surface area contributed by atoms with Crippen molar-refractivity contribution in [2.75, 3.05) is 13.7 Å². The molecule has 0 amide bonds. The van der Waals surface area contributed by atoms with Crippen molar-refractivity contribution in [3.8, 4) is 0 Å². The van der Waals surface area contributed by atoms with Gasteiger partial charge in [-0.2, -0.15) is 0 Å². The van der Waals surface area contributed by atoms with Crippen LogP contribution in [-0.4, -0.2) is 45.6 Å². The van der Waals surface area contributed by atoms with Gasteiger partial charge in [-0.3, -0.25) is 10.1 Å². The number of hydrogen-bond donors (Lipinski definition) is 2. The van der Waals surface area contributed by atoms with Crippen LogP contribution in [0.5, 0.6) is 0 Å². The second-order valence-corrected chi connectivity index (χ2v) is 3.26. The number of rotatable bonds is 7. The number of ether oxygens (including phenoxy) is 1. The molecule has 1 atom stereocenters. The minimum Gasteiger partial charge on any atom is -0.480 e. The van der Waals surface area contributed by atoms with E-state index in [1.807, 2.05) is 11.5 Å². The van der Waals surface area contributed by atoms with Crippen LogP contribution in [-0.2, 0) is 22.6 Å². The van der Waals surface area contributed by atoms with E-state index >= 15 is 0 Å². The van der Waals surface area contributed by atoms with E-state index in [0.29, 0.717) is 12.4 Å². The molecule has 0 aliphatic carbocycles. The number of aliphatic carboxylic acids is 1. The largest absolute Gasteiger partial charge is 0.480 e. The number of carbonyl (C=O) groups is 1. The molecule has 0 aliphatic rings. The Morgan fingerprint density at radius 3 is 3.06 bits per heavy atom. The van der Waals surface area contributed by atoms with Crippen LogP contribution in [0.25, 0.3) is 0 Å². The predicted molar refractivity (Wildman–Crippen MR) is 55.8 cm³/mol. The van der Waals surface area contributed by atoms with Crippen LogP contribution in [0.2, 0.25) is 0 Å². The van der Waals surface area contributed by atoms with Gasteiger partial charge in [-0.15, -0.1) is 10.2 Å². The molecule has 0 fully saturated rings. The smallest absolute Gasteiger partial charge is 0.323 e. The summed E-state index contributed by atoms with van der Waals surface area (Å²) in [5.41, 5.74) is 0. The number of carboxylic acid groups (broad SMARTS) is 1. The molecule has 7 nitrogen and oxygen atoms in total. The fraction of sp³-hybridized carbons (Fsp3) is 0.667. The molecule has 0 aliphatic heterocycles. The van der Waals surface area contributed by atoms with Gasteiger partial charge in [-0.1, -0.05) is 0 Å². The van der Waals surface area contributed by atoms with Crippen molar-refractivity contribution in [3.05, 3.63) is 12.2 Å². The molecule has 0 aromatic carbocycles. The van der Waals surface area contributed by atoms with Crippen LogP contribution in [0.4, 0.5) is 0 Å². The lowest BCUT2D eigenvalue weighted by Gasteiger charge is -2.13. The molecule has 1 heterocycles. The summed E-state index contributed by atoms with van der Waals surface area (Å²) in [6, 6.07) is -0.730. The van der Waals surface area contributed by atoms with Crippen molar-refractivity contribution < 1.29 is 14.6 Å². The predicted octanol–water partition coefficient (Wildman–Crippen LogP) is -0.513. The third-order valence-electron chi connectivity index (χ3n) is 2.17. The zero-order valence-electron chi connectivity index (χ0n) is 9.38. The highest BCUT2D eigenvalue weighted by Gasteiger charge is 2.17. The van der Waals surface area contributed by atoms with Crippen molar-refractivity contribution in [2.45, 2.75) is 26.1 Å². The van der Waals surface area contributed by atoms with E-state index in [-0.39, 0.29) is 6.61 Å². The molecule has 1 rings (SSSR count). The van der Waals surface area contributed by atoms with E-state index in [0.717, 1.165) is 6.54 Å². The average Bonchev–Trinajstić information content (AvgIpc) is 2.71. The van der Waals surface area contributed by atoms with E-state index in [1.54, 1.807) is 6.33 Å². The Bertz CT molecular complexity index is 339. The van der Waals surface area contributed by atoms with Gasteiger partial charge in [0.1, 0.15) is 18.2 Å². The lowest BCUT2D eigenvalue weighted by Crippen LogP contribution is -2.40. The standard InChI is InChI=1S/C9H16N4O3/c1-3-13-6-11-12-8(13)4-10-7(5-16-2)9(14)15/h6-7,10H,3-5H2,1-2H3,(H,14,15). The monoisotopic (exact) mass is 228 g/mol. The summed E-state index contributed by atoms with van der Waals surface area (Å²) in [4.78, 5) is 10.8. The number of nitrogens with zero attached hydrogens (tertiary/aromatic N) is 3. The van der Waals surface area contributed by atoms with Gasteiger partial charge in [0.2, 0.25) is 0 Å². The first kappa shape index (κ1) is 12.6. The number of hydrogen-bond acceptors (Lipinski definition) is 5. The quantitative estimate of drug-likeness (QED) is 0.653. The fourth-order valence-electron chi connectivity index (χ4n) is 1.28. The zero-order valence-corrected chi connectivity index (χ0v) is 9.38. The Morgan fingerprint density at radius 2 is 2.50 bits per heavy atom. The summed E-state index contributed by atoms with van der Waals surface area (Å²) < 4.78 is 6.65. The third kappa shape index (κ3) is 3.28. The Morgan fingerprint density at radius 1 is 1.75 bits per heavy atom. The first-order valence-electron chi connectivity index (χ1n) is 5.00. The first-order valence-corrected chi connectivity index (χ1v) is 5.00. The van der Waals surface area contributed by atoms with Crippen LogP contribution in [0.3, 0.4) is 0 Å². The maximum Gasteiger partial charge on any atom is 0.323 e. The van der Waals surface area contributed by atoms with E-state index in [9.17, 15) is 4.79 Å². The molecule has 90 valence electrons. The molecule has 1 aromatic heterocycles. The van der Waals surface area contributed by atoms with Gasteiger partial charge in [0, 0.05) is 13.7 Å². The maximum atomic E-state index is 10.8. The van der Waals surface area contributed by atoms with Crippen molar-refractivity contribution >= 4 is 5.97 Å². The maximum absolute atomic E-state index is 10.8. The number of methoxy groups -OCH3 is 1. The van der Waals surface area contributed by atoms with Crippen molar-refractivity contribution in [2.24, 2.45) is 0 Å².